The van der Waals surface area contributed by atoms with Crippen LogP contribution >= 0.6 is 35.0 Å². The lowest BCUT2D eigenvalue weighted by molar-refractivity contribution is -0.119. The number of H-pyrrole nitrogens is 1. The highest BCUT2D eigenvalue weighted by molar-refractivity contribution is 8.00. The molecule has 0 aliphatic carbocycles. The van der Waals surface area contributed by atoms with Crippen molar-refractivity contribution in [1.29, 1.82) is 0 Å². The Balaban J connectivity index is 1.87. The predicted octanol–water partition coefficient (Wildman–Crippen LogP) is 3.08. The van der Waals surface area contributed by atoms with Crippen molar-refractivity contribution in [3.63, 3.8) is 0 Å². The number of thioether (sulfide) groups is 1. The summed E-state index contributed by atoms with van der Waals surface area (Å²) in [6.45, 7) is 1.83. The summed E-state index contributed by atoms with van der Waals surface area (Å²) < 4.78 is 0. The minimum Gasteiger partial charge on any atom is -0.346 e. The van der Waals surface area contributed by atoms with Crippen molar-refractivity contribution in [2.75, 3.05) is 5.75 Å². The van der Waals surface area contributed by atoms with Crippen molar-refractivity contribution in [3.05, 3.63) is 40.4 Å². The third-order valence-electron chi connectivity index (χ3n) is 2.47. The zero-order chi connectivity index (χ0) is 14.5. The van der Waals surface area contributed by atoms with Gasteiger partial charge < -0.3 is 5.32 Å². The maximum Gasteiger partial charge on any atom is 0.230 e. The van der Waals surface area contributed by atoms with Gasteiger partial charge in [-0.05, 0) is 25.1 Å². The first-order valence-electron chi connectivity index (χ1n) is 5.78. The molecule has 2 N–H and O–H groups in total. The van der Waals surface area contributed by atoms with E-state index in [1.807, 2.05) is 6.92 Å². The van der Waals surface area contributed by atoms with Crippen molar-refractivity contribution in [2.24, 2.45) is 0 Å². The average Bonchev–Trinajstić information content (AvgIpc) is 2.94. The number of rotatable bonds is 5. The van der Waals surface area contributed by atoms with Gasteiger partial charge in [0.1, 0.15) is 12.2 Å². The van der Waals surface area contributed by atoms with E-state index in [1.165, 1.54) is 18.1 Å². The maximum absolute atomic E-state index is 11.8. The van der Waals surface area contributed by atoms with E-state index >= 15 is 0 Å². The fourth-order valence-electron chi connectivity index (χ4n) is 1.51. The van der Waals surface area contributed by atoms with Crippen LogP contribution in [-0.2, 0) is 4.79 Å². The van der Waals surface area contributed by atoms with Crippen LogP contribution in [0.25, 0.3) is 0 Å². The number of benzene rings is 1. The van der Waals surface area contributed by atoms with Gasteiger partial charge in [0.05, 0.1) is 16.8 Å². The highest BCUT2D eigenvalue weighted by Crippen LogP contribution is 2.29. The number of hydrogen-bond donors (Lipinski definition) is 2. The highest BCUT2D eigenvalue weighted by atomic mass is 35.5. The Morgan fingerprint density at radius 3 is 3.00 bits per heavy atom. The number of hydrogen-bond acceptors (Lipinski definition) is 4. The SMILES string of the molecule is CC(NC(=O)CSc1cc(Cl)ccc1Cl)c1ncn[nH]1. The molecule has 2 rings (SSSR count). The molecule has 0 fully saturated rings. The molecule has 20 heavy (non-hydrogen) atoms. The van der Waals surface area contributed by atoms with Crippen LogP contribution in [0.5, 0.6) is 0 Å². The van der Waals surface area contributed by atoms with Crippen LogP contribution < -0.4 is 5.32 Å². The van der Waals surface area contributed by atoms with Gasteiger partial charge in [0, 0.05) is 9.92 Å². The Hall–Kier alpha value is -1.24. The fraction of sp³-hybridized carbons (Fsp3) is 0.250. The van der Waals surface area contributed by atoms with Crippen LogP contribution in [-0.4, -0.2) is 26.8 Å². The van der Waals surface area contributed by atoms with Gasteiger partial charge in [-0.15, -0.1) is 11.8 Å². The first-order chi connectivity index (χ1) is 9.56. The Morgan fingerprint density at radius 1 is 1.50 bits per heavy atom. The molecule has 1 heterocycles. The molecule has 0 aliphatic rings. The maximum atomic E-state index is 11.8. The van der Waals surface area contributed by atoms with Gasteiger partial charge in [-0.1, -0.05) is 23.2 Å². The van der Waals surface area contributed by atoms with Crippen LogP contribution in [0.3, 0.4) is 0 Å². The normalized spacial score (nSPS) is 12.2. The summed E-state index contributed by atoms with van der Waals surface area (Å²) in [5, 5.41) is 10.4. The first kappa shape index (κ1) is 15.2. The van der Waals surface area contributed by atoms with Crippen LogP contribution in [0.15, 0.2) is 29.4 Å². The molecule has 0 saturated carbocycles. The molecule has 0 aliphatic heterocycles. The number of nitrogens with zero attached hydrogens (tertiary/aromatic N) is 2. The van der Waals surface area contributed by atoms with E-state index in [2.05, 4.69) is 20.5 Å². The zero-order valence-corrected chi connectivity index (χ0v) is 12.9. The third kappa shape index (κ3) is 4.13. The second-order valence-corrected chi connectivity index (χ2v) is 5.88. The molecule has 0 saturated heterocycles. The fourth-order valence-corrected chi connectivity index (χ4v) is 2.81. The Kier molecular flexibility index (Phi) is 5.28. The summed E-state index contributed by atoms with van der Waals surface area (Å²) in [6.07, 6.45) is 1.40. The molecule has 0 bridgehead atoms. The molecule has 2 aromatic rings. The van der Waals surface area contributed by atoms with Crippen LogP contribution in [0.1, 0.15) is 18.8 Å². The van der Waals surface area contributed by atoms with Gasteiger partial charge in [0.25, 0.3) is 0 Å². The summed E-state index contributed by atoms with van der Waals surface area (Å²) in [5.41, 5.74) is 0. The zero-order valence-electron chi connectivity index (χ0n) is 10.6. The van der Waals surface area contributed by atoms with E-state index in [-0.39, 0.29) is 17.7 Å². The molecule has 8 heteroatoms. The second kappa shape index (κ2) is 6.97. The van der Waals surface area contributed by atoms with Gasteiger partial charge in [0.2, 0.25) is 5.91 Å². The van der Waals surface area contributed by atoms with E-state index in [1.54, 1.807) is 18.2 Å². The summed E-state index contributed by atoms with van der Waals surface area (Å²) in [7, 11) is 0. The largest absolute Gasteiger partial charge is 0.346 e. The molecule has 1 atom stereocenters. The average molecular weight is 331 g/mol. The smallest absolute Gasteiger partial charge is 0.230 e. The molecular formula is C12H12Cl2N4OS. The topological polar surface area (TPSA) is 70.7 Å². The minimum absolute atomic E-state index is 0.116. The van der Waals surface area contributed by atoms with Gasteiger partial charge in [-0.3, -0.25) is 9.89 Å². The van der Waals surface area contributed by atoms with Gasteiger partial charge in [0.15, 0.2) is 0 Å². The Bertz CT molecular complexity index is 591. The quantitative estimate of drug-likeness (QED) is 0.826. The number of nitrogens with one attached hydrogen (secondary N) is 2. The van der Waals surface area contributed by atoms with Crippen molar-refractivity contribution < 1.29 is 4.79 Å². The summed E-state index contributed by atoms with van der Waals surface area (Å²) in [6, 6.07) is 4.93. The van der Waals surface area contributed by atoms with Gasteiger partial charge >= 0.3 is 0 Å². The van der Waals surface area contributed by atoms with Crippen molar-refractivity contribution in [1.82, 2.24) is 20.5 Å². The number of carbonyl (C=O) groups is 1. The summed E-state index contributed by atoms with van der Waals surface area (Å²) >= 11 is 13.3. The lowest BCUT2D eigenvalue weighted by atomic mass is 10.3. The van der Waals surface area contributed by atoms with E-state index in [4.69, 9.17) is 23.2 Å². The van der Waals surface area contributed by atoms with Crippen LogP contribution in [0.4, 0.5) is 0 Å². The lowest BCUT2D eigenvalue weighted by Gasteiger charge is -2.11. The van der Waals surface area contributed by atoms with E-state index in [0.717, 1.165) is 4.90 Å². The summed E-state index contributed by atoms with van der Waals surface area (Å²) in [5.74, 6) is 0.748. The molecule has 1 unspecified atom stereocenters. The molecule has 5 nitrogen and oxygen atoms in total. The minimum atomic E-state index is -0.222. The van der Waals surface area contributed by atoms with Crippen LogP contribution in [0, 0.1) is 0 Å². The number of aromatic nitrogens is 3. The lowest BCUT2D eigenvalue weighted by Crippen LogP contribution is -2.28. The number of carbonyl (C=O) groups excluding carboxylic acids is 1. The van der Waals surface area contributed by atoms with E-state index < -0.39 is 0 Å². The first-order valence-corrected chi connectivity index (χ1v) is 7.53. The molecule has 0 radical (unpaired) electrons. The molecule has 106 valence electrons. The van der Waals surface area contributed by atoms with Crippen molar-refractivity contribution in [2.45, 2.75) is 17.9 Å². The summed E-state index contributed by atoms with van der Waals surface area (Å²) in [4.78, 5) is 16.6. The second-order valence-electron chi connectivity index (χ2n) is 4.02. The standard InChI is InChI=1S/C12H12Cl2N4OS/c1-7(12-15-6-16-18-12)17-11(19)5-20-10-4-8(13)2-3-9(10)14/h2-4,6-7H,5H2,1H3,(H,17,19)(H,15,16,18). The number of amides is 1. The van der Waals surface area contributed by atoms with Crippen LogP contribution in [0.2, 0.25) is 10.0 Å². The van der Waals surface area contributed by atoms with E-state index in [0.29, 0.717) is 15.9 Å². The van der Waals surface area contributed by atoms with Gasteiger partial charge in [-0.25, -0.2) is 4.98 Å². The Labute approximate surface area is 130 Å². The number of aromatic amines is 1. The molecule has 1 amide bonds. The van der Waals surface area contributed by atoms with E-state index in [9.17, 15) is 4.79 Å². The predicted molar refractivity (Wildman–Crippen MR) is 80.1 cm³/mol. The molecular weight excluding hydrogens is 319 g/mol. The molecule has 0 spiro atoms. The Morgan fingerprint density at radius 2 is 2.30 bits per heavy atom. The monoisotopic (exact) mass is 330 g/mol. The van der Waals surface area contributed by atoms with Crippen molar-refractivity contribution in [3.8, 4) is 0 Å². The third-order valence-corrected chi connectivity index (χ3v) is 4.21. The van der Waals surface area contributed by atoms with Crippen molar-refractivity contribution >= 4 is 40.9 Å². The highest BCUT2D eigenvalue weighted by Gasteiger charge is 2.12. The molecule has 1 aromatic heterocycles. The molecule has 1 aromatic carbocycles. The number of halogens is 2. The van der Waals surface area contributed by atoms with Gasteiger partial charge in [-0.2, -0.15) is 5.10 Å².